The van der Waals surface area contributed by atoms with Crippen LogP contribution in [0.2, 0.25) is 0 Å². The highest BCUT2D eigenvalue weighted by Crippen LogP contribution is 2.25. The monoisotopic (exact) mass is 567 g/mol. The van der Waals surface area contributed by atoms with Crippen LogP contribution in [0.5, 0.6) is 5.75 Å². The lowest BCUT2D eigenvalue weighted by molar-refractivity contribution is -0.141. The molecule has 0 spiro atoms. The van der Waals surface area contributed by atoms with Gasteiger partial charge in [0.05, 0.1) is 19.9 Å². The molecular weight excluding hydrogens is 530 g/mol. The average Bonchev–Trinajstić information content (AvgIpc) is 2.95. The van der Waals surface area contributed by atoms with Gasteiger partial charge in [-0.05, 0) is 35.2 Å². The molecule has 40 heavy (non-hydrogen) atoms. The first-order valence-corrected chi connectivity index (χ1v) is 14.8. The summed E-state index contributed by atoms with van der Waals surface area (Å²) in [6.45, 7) is 0.527. The molecule has 0 aliphatic carbocycles. The lowest BCUT2D eigenvalue weighted by Crippen LogP contribution is -2.48. The Balaban J connectivity index is 1.99. The van der Waals surface area contributed by atoms with E-state index in [1.165, 1.54) is 4.90 Å². The molecule has 214 valence electrons. The van der Waals surface area contributed by atoms with Crippen LogP contribution in [0, 0.1) is 0 Å². The molecule has 3 aromatic carbocycles. The predicted octanol–water partition coefficient (Wildman–Crippen LogP) is 3.38. The largest absolute Gasteiger partial charge is 0.497 e. The standard InChI is InChI=1S/C30H37N3O6S/c1-38-20-10-19-31-30(35)29(26-13-8-5-9-14-26)33(22-25-15-17-27(39-2)18-16-25)28(34)23-32(40(3,36)37)21-24-11-6-4-7-12-24/h4-9,11-18,29H,10,19-23H2,1-3H3,(H,31,35)/t29-/m0/s1. The van der Waals surface area contributed by atoms with E-state index in [4.69, 9.17) is 9.47 Å². The van der Waals surface area contributed by atoms with Crippen LogP contribution in [0.4, 0.5) is 0 Å². The number of sulfonamides is 1. The maximum atomic E-state index is 14.0. The van der Waals surface area contributed by atoms with E-state index in [1.807, 2.05) is 36.4 Å². The second-order valence-electron chi connectivity index (χ2n) is 9.34. The molecule has 0 saturated carbocycles. The summed E-state index contributed by atoms with van der Waals surface area (Å²) in [5, 5.41) is 2.91. The lowest BCUT2D eigenvalue weighted by Gasteiger charge is -2.33. The molecule has 0 aliphatic heterocycles. The molecule has 9 nitrogen and oxygen atoms in total. The third kappa shape index (κ3) is 9.18. The van der Waals surface area contributed by atoms with Gasteiger partial charge in [-0.15, -0.1) is 0 Å². The van der Waals surface area contributed by atoms with Gasteiger partial charge in [0.2, 0.25) is 21.8 Å². The van der Waals surface area contributed by atoms with Crippen molar-refractivity contribution in [3.63, 3.8) is 0 Å². The number of methoxy groups -OCH3 is 2. The van der Waals surface area contributed by atoms with Crippen LogP contribution in [0.15, 0.2) is 84.9 Å². The van der Waals surface area contributed by atoms with Gasteiger partial charge in [-0.2, -0.15) is 4.31 Å². The molecular formula is C30H37N3O6S. The van der Waals surface area contributed by atoms with E-state index in [1.54, 1.807) is 62.8 Å². The Kier molecular flexibility index (Phi) is 11.7. The smallest absolute Gasteiger partial charge is 0.247 e. The van der Waals surface area contributed by atoms with Gasteiger partial charge in [-0.1, -0.05) is 72.8 Å². The van der Waals surface area contributed by atoms with E-state index in [9.17, 15) is 18.0 Å². The minimum Gasteiger partial charge on any atom is -0.497 e. The molecule has 0 aromatic heterocycles. The molecule has 0 heterocycles. The zero-order valence-electron chi connectivity index (χ0n) is 23.2. The first-order chi connectivity index (χ1) is 19.2. The van der Waals surface area contributed by atoms with Crippen molar-refractivity contribution in [2.75, 3.05) is 40.2 Å². The summed E-state index contributed by atoms with van der Waals surface area (Å²) in [5.74, 6) is -0.209. The lowest BCUT2D eigenvalue weighted by atomic mass is 10.0. The Morgan fingerprint density at radius 3 is 2.02 bits per heavy atom. The first-order valence-electron chi connectivity index (χ1n) is 13.0. The second-order valence-corrected chi connectivity index (χ2v) is 11.3. The number of carbonyl (C=O) groups excluding carboxylic acids is 2. The Morgan fingerprint density at radius 2 is 1.45 bits per heavy atom. The third-order valence-corrected chi connectivity index (χ3v) is 7.51. The Labute approximate surface area is 236 Å². The summed E-state index contributed by atoms with van der Waals surface area (Å²) in [4.78, 5) is 29.1. The molecule has 3 aromatic rings. The van der Waals surface area contributed by atoms with E-state index in [0.717, 1.165) is 21.7 Å². The fourth-order valence-electron chi connectivity index (χ4n) is 4.20. The maximum absolute atomic E-state index is 14.0. The Morgan fingerprint density at radius 1 is 0.850 bits per heavy atom. The van der Waals surface area contributed by atoms with Crippen LogP contribution in [-0.2, 0) is 37.4 Å². The van der Waals surface area contributed by atoms with Crippen molar-refractivity contribution in [3.8, 4) is 5.75 Å². The van der Waals surface area contributed by atoms with E-state index >= 15 is 0 Å². The predicted molar refractivity (Wildman–Crippen MR) is 154 cm³/mol. The summed E-state index contributed by atoms with van der Waals surface area (Å²) >= 11 is 0. The zero-order chi connectivity index (χ0) is 29.0. The topological polar surface area (TPSA) is 105 Å². The Hall–Kier alpha value is -3.73. The number of nitrogens with one attached hydrogen (secondary N) is 1. The van der Waals surface area contributed by atoms with E-state index in [0.29, 0.717) is 30.9 Å². The summed E-state index contributed by atoms with van der Waals surface area (Å²) in [7, 11) is -0.594. The van der Waals surface area contributed by atoms with Crippen molar-refractivity contribution in [3.05, 3.63) is 102 Å². The zero-order valence-corrected chi connectivity index (χ0v) is 24.0. The number of rotatable bonds is 15. The van der Waals surface area contributed by atoms with Crippen LogP contribution in [0.1, 0.15) is 29.2 Å². The molecule has 2 amide bonds. The van der Waals surface area contributed by atoms with Crippen molar-refractivity contribution in [2.45, 2.75) is 25.6 Å². The highest BCUT2D eigenvalue weighted by Gasteiger charge is 2.33. The minimum atomic E-state index is -3.75. The molecule has 0 saturated heterocycles. The van der Waals surface area contributed by atoms with Crippen molar-refractivity contribution >= 4 is 21.8 Å². The van der Waals surface area contributed by atoms with E-state index in [2.05, 4.69) is 5.32 Å². The van der Waals surface area contributed by atoms with Crippen molar-refractivity contribution in [1.29, 1.82) is 0 Å². The van der Waals surface area contributed by atoms with E-state index < -0.39 is 28.5 Å². The minimum absolute atomic E-state index is 0.0288. The van der Waals surface area contributed by atoms with E-state index in [-0.39, 0.29) is 19.0 Å². The molecule has 10 heteroatoms. The number of amides is 2. The highest BCUT2D eigenvalue weighted by molar-refractivity contribution is 7.88. The third-order valence-electron chi connectivity index (χ3n) is 6.31. The van der Waals surface area contributed by atoms with Crippen LogP contribution >= 0.6 is 0 Å². The summed E-state index contributed by atoms with van der Waals surface area (Å²) < 4.78 is 37.0. The maximum Gasteiger partial charge on any atom is 0.247 e. The fourth-order valence-corrected chi connectivity index (χ4v) is 4.93. The van der Waals surface area contributed by atoms with Crippen molar-refractivity contribution in [1.82, 2.24) is 14.5 Å². The number of ether oxygens (including phenoxy) is 2. The molecule has 3 rings (SSSR count). The van der Waals surface area contributed by atoms with Gasteiger partial charge in [0.1, 0.15) is 11.8 Å². The SMILES string of the molecule is COCCCNC(=O)[C@H](c1ccccc1)N(Cc1ccc(OC)cc1)C(=O)CN(Cc1ccccc1)S(C)(=O)=O. The number of nitrogens with zero attached hydrogens (tertiary/aromatic N) is 2. The summed E-state index contributed by atoms with van der Waals surface area (Å²) in [5.41, 5.74) is 2.12. The van der Waals surface area contributed by atoms with Gasteiger partial charge in [0.15, 0.2) is 0 Å². The fraction of sp³-hybridized carbons (Fsp3) is 0.333. The molecule has 1 N–H and O–H groups in total. The molecule has 1 atom stereocenters. The van der Waals surface area contributed by atoms with Gasteiger partial charge in [-0.25, -0.2) is 8.42 Å². The summed E-state index contributed by atoms with van der Waals surface area (Å²) in [6, 6.07) is 24.3. The van der Waals surface area contributed by atoms with Crippen LogP contribution in [0.3, 0.4) is 0 Å². The van der Waals surface area contributed by atoms with Crippen molar-refractivity contribution < 1.29 is 27.5 Å². The molecule has 0 radical (unpaired) electrons. The van der Waals surface area contributed by atoms with Crippen LogP contribution in [0.25, 0.3) is 0 Å². The van der Waals surface area contributed by atoms with Gasteiger partial charge in [0, 0.05) is 33.4 Å². The molecule has 0 aliphatic rings. The molecule has 0 bridgehead atoms. The first kappa shape index (κ1) is 30.8. The second kappa shape index (κ2) is 15.2. The number of carbonyl (C=O) groups is 2. The number of hydrogen-bond donors (Lipinski definition) is 1. The average molecular weight is 568 g/mol. The normalized spacial score (nSPS) is 12.1. The van der Waals surface area contributed by atoms with Gasteiger partial charge >= 0.3 is 0 Å². The molecule has 0 fully saturated rings. The van der Waals surface area contributed by atoms with Gasteiger partial charge < -0.3 is 19.7 Å². The van der Waals surface area contributed by atoms with Gasteiger partial charge in [0.25, 0.3) is 0 Å². The van der Waals surface area contributed by atoms with Crippen molar-refractivity contribution in [2.24, 2.45) is 0 Å². The van der Waals surface area contributed by atoms with Crippen LogP contribution in [-0.4, -0.2) is 69.6 Å². The van der Waals surface area contributed by atoms with Gasteiger partial charge in [-0.3, -0.25) is 9.59 Å². The quantitative estimate of drug-likeness (QED) is 0.283. The molecule has 0 unspecified atom stereocenters. The summed E-state index contributed by atoms with van der Waals surface area (Å²) in [6.07, 6.45) is 1.68. The number of benzene rings is 3. The number of hydrogen-bond acceptors (Lipinski definition) is 6. The Bertz CT molecular complexity index is 1320. The highest BCUT2D eigenvalue weighted by atomic mass is 32.2. The van der Waals surface area contributed by atoms with Crippen LogP contribution < -0.4 is 10.1 Å².